The third kappa shape index (κ3) is 4.67. The first kappa shape index (κ1) is 15.7. The van der Waals surface area contributed by atoms with Gasteiger partial charge in [0.05, 0.1) is 12.5 Å². The van der Waals surface area contributed by atoms with Gasteiger partial charge in [-0.1, -0.05) is 12.1 Å². The number of aryl methyl sites for hydroxylation is 1. The Hall–Kier alpha value is -1.69. The zero-order valence-corrected chi connectivity index (χ0v) is 12.6. The van der Waals surface area contributed by atoms with Gasteiger partial charge < -0.3 is 15.7 Å². The minimum atomic E-state index is -0.851. The molecule has 1 heterocycles. The van der Waals surface area contributed by atoms with E-state index in [4.69, 9.17) is 10.8 Å². The lowest BCUT2D eigenvalue weighted by atomic mass is 10.1. The standard InChI is InChI=1S/C15H20N2O3S/c16-12-3-1-2-11(8-12)4-5-14(18)17-6-7-21-10-13(17)9-15(19)20/h1-3,8,13H,4-7,9-10,16H2,(H,19,20). The van der Waals surface area contributed by atoms with Gasteiger partial charge in [-0.15, -0.1) is 0 Å². The number of carbonyl (C=O) groups is 2. The van der Waals surface area contributed by atoms with Crippen molar-refractivity contribution in [3.8, 4) is 0 Å². The largest absolute Gasteiger partial charge is 0.481 e. The molecule has 114 valence electrons. The van der Waals surface area contributed by atoms with Gasteiger partial charge in [-0.2, -0.15) is 11.8 Å². The maximum absolute atomic E-state index is 12.3. The Labute approximate surface area is 128 Å². The molecule has 21 heavy (non-hydrogen) atoms. The van der Waals surface area contributed by atoms with Crippen LogP contribution in [0.25, 0.3) is 0 Å². The van der Waals surface area contributed by atoms with Crippen molar-refractivity contribution in [2.45, 2.75) is 25.3 Å². The van der Waals surface area contributed by atoms with E-state index in [0.29, 0.717) is 30.8 Å². The molecule has 5 nitrogen and oxygen atoms in total. The molecule has 1 saturated heterocycles. The maximum Gasteiger partial charge on any atom is 0.305 e. The lowest BCUT2D eigenvalue weighted by Crippen LogP contribution is -2.47. The van der Waals surface area contributed by atoms with Crippen molar-refractivity contribution in [3.63, 3.8) is 0 Å². The Balaban J connectivity index is 1.92. The molecule has 0 radical (unpaired) electrons. The molecular weight excluding hydrogens is 288 g/mol. The van der Waals surface area contributed by atoms with Crippen LogP contribution >= 0.6 is 11.8 Å². The lowest BCUT2D eigenvalue weighted by molar-refractivity contribution is -0.140. The highest BCUT2D eigenvalue weighted by Gasteiger charge is 2.28. The van der Waals surface area contributed by atoms with Crippen LogP contribution in [0.15, 0.2) is 24.3 Å². The summed E-state index contributed by atoms with van der Waals surface area (Å²) in [5.41, 5.74) is 7.45. The highest BCUT2D eigenvalue weighted by atomic mass is 32.2. The number of nitrogens with zero attached hydrogens (tertiary/aromatic N) is 1. The second kappa shape index (κ2) is 7.36. The zero-order valence-electron chi connectivity index (χ0n) is 11.8. The summed E-state index contributed by atoms with van der Waals surface area (Å²) in [6, 6.07) is 7.32. The number of nitrogen functional groups attached to an aromatic ring is 1. The summed E-state index contributed by atoms with van der Waals surface area (Å²) in [6.07, 6.45) is 1.05. The minimum absolute atomic E-state index is 0.0248. The van der Waals surface area contributed by atoms with E-state index in [-0.39, 0.29) is 18.4 Å². The quantitative estimate of drug-likeness (QED) is 0.808. The molecule has 1 fully saturated rings. The molecule has 0 aromatic heterocycles. The molecule has 6 heteroatoms. The van der Waals surface area contributed by atoms with Crippen LogP contribution in [-0.4, -0.2) is 46.0 Å². The van der Waals surface area contributed by atoms with Crippen molar-refractivity contribution >= 4 is 29.3 Å². The molecule has 1 aromatic rings. The van der Waals surface area contributed by atoms with Crippen LogP contribution in [0.1, 0.15) is 18.4 Å². The molecule has 0 bridgehead atoms. The van der Waals surface area contributed by atoms with Gasteiger partial charge in [0.25, 0.3) is 0 Å². The van der Waals surface area contributed by atoms with Crippen LogP contribution < -0.4 is 5.73 Å². The number of amides is 1. The van der Waals surface area contributed by atoms with Crippen LogP contribution in [0, 0.1) is 0 Å². The average molecular weight is 308 g/mol. The Morgan fingerprint density at radius 2 is 2.24 bits per heavy atom. The third-order valence-corrected chi connectivity index (χ3v) is 4.63. The Morgan fingerprint density at radius 1 is 1.43 bits per heavy atom. The van der Waals surface area contributed by atoms with E-state index >= 15 is 0 Å². The molecule has 1 aliphatic rings. The van der Waals surface area contributed by atoms with Crippen molar-refractivity contribution in [1.82, 2.24) is 4.90 Å². The first-order valence-electron chi connectivity index (χ1n) is 6.99. The highest BCUT2D eigenvalue weighted by Crippen LogP contribution is 2.20. The van der Waals surface area contributed by atoms with Gasteiger partial charge in [-0.3, -0.25) is 9.59 Å². The van der Waals surface area contributed by atoms with Crippen molar-refractivity contribution in [2.75, 3.05) is 23.8 Å². The van der Waals surface area contributed by atoms with E-state index in [0.717, 1.165) is 11.3 Å². The first-order valence-corrected chi connectivity index (χ1v) is 8.15. The molecule has 0 aliphatic carbocycles. The van der Waals surface area contributed by atoms with Gasteiger partial charge in [0, 0.05) is 30.2 Å². The summed E-state index contributed by atoms with van der Waals surface area (Å²) >= 11 is 1.71. The van der Waals surface area contributed by atoms with E-state index in [9.17, 15) is 9.59 Å². The van der Waals surface area contributed by atoms with Gasteiger partial charge in [-0.05, 0) is 24.1 Å². The van der Waals surface area contributed by atoms with Crippen LogP contribution in [0.4, 0.5) is 5.69 Å². The summed E-state index contributed by atoms with van der Waals surface area (Å²) in [5.74, 6) is 0.760. The first-order chi connectivity index (χ1) is 10.1. The Bertz CT molecular complexity index is 521. The minimum Gasteiger partial charge on any atom is -0.481 e. The number of anilines is 1. The van der Waals surface area contributed by atoms with Crippen molar-refractivity contribution in [3.05, 3.63) is 29.8 Å². The average Bonchev–Trinajstić information content (AvgIpc) is 2.45. The molecule has 1 aliphatic heterocycles. The number of carboxylic acids is 1. The van der Waals surface area contributed by atoms with Crippen LogP contribution in [0.3, 0.4) is 0 Å². The fourth-order valence-corrected chi connectivity index (χ4v) is 3.56. The number of rotatable bonds is 5. The van der Waals surface area contributed by atoms with Gasteiger partial charge in [0.2, 0.25) is 5.91 Å². The maximum atomic E-state index is 12.3. The van der Waals surface area contributed by atoms with Crippen molar-refractivity contribution in [1.29, 1.82) is 0 Å². The fourth-order valence-electron chi connectivity index (χ4n) is 2.50. The topological polar surface area (TPSA) is 83.6 Å². The SMILES string of the molecule is Nc1cccc(CCC(=O)N2CCSCC2CC(=O)O)c1. The number of nitrogens with two attached hydrogens (primary N) is 1. The monoisotopic (exact) mass is 308 g/mol. The second-order valence-electron chi connectivity index (χ2n) is 5.16. The predicted octanol–water partition coefficient (Wildman–Crippen LogP) is 1.62. The van der Waals surface area contributed by atoms with Gasteiger partial charge in [0.1, 0.15) is 0 Å². The van der Waals surface area contributed by atoms with Crippen LogP contribution in [-0.2, 0) is 16.0 Å². The van der Waals surface area contributed by atoms with Gasteiger partial charge >= 0.3 is 5.97 Å². The summed E-state index contributed by atoms with van der Waals surface area (Å²) in [5, 5.41) is 8.94. The summed E-state index contributed by atoms with van der Waals surface area (Å²) in [4.78, 5) is 25.0. The van der Waals surface area contributed by atoms with E-state index in [1.807, 2.05) is 24.3 Å². The molecule has 1 aromatic carbocycles. The summed E-state index contributed by atoms with van der Waals surface area (Å²) in [7, 11) is 0. The molecule has 0 spiro atoms. The lowest BCUT2D eigenvalue weighted by Gasteiger charge is -2.34. The number of aliphatic carboxylic acids is 1. The molecule has 1 unspecified atom stereocenters. The molecule has 1 amide bonds. The predicted molar refractivity (Wildman–Crippen MR) is 84.3 cm³/mol. The Morgan fingerprint density at radius 3 is 2.95 bits per heavy atom. The van der Waals surface area contributed by atoms with Crippen molar-refractivity contribution < 1.29 is 14.7 Å². The van der Waals surface area contributed by atoms with E-state index in [1.165, 1.54) is 0 Å². The highest BCUT2D eigenvalue weighted by molar-refractivity contribution is 7.99. The van der Waals surface area contributed by atoms with E-state index in [1.54, 1.807) is 16.7 Å². The second-order valence-corrected chi connectivity index (χ2v) is 6.31. The number of hydrogen-bond donors (Lipinski definition) is 2. The molecule has 1 atom stereocenters. The van der Waals surface area contributed by atoms with Crippen LogP contribution in [0.5, 0.6) is 0 Å². The normalized spacial score (nSPS) is 18.5. The molecular formula is C15H20N2O3S. The number of thioether (sulfide) groups is 1. The number of carboxylic acid groups (broad SMARTS) is 1. The fraction of sp³-hybridized carbons (Fsp3) is 0.467. The zero-order chi connectivity index (χ0) is 15.2. The smallest absolute Gasteiger partial charge is 0.305 e. The molecule has 0 saturated carbocycles. The van der Waals surface area contributed by atoms with Crippen molar-refractivity contribution in [2.24, 2.45) is 0 Å². The van der Waals surface area contributed by atoms with Gasteiger partial charge in [-0.25, -0.2) is 0 Å². The third-order valence-electron chi connectivity index (χ3n) is 3.54. The van der Waals surface area contributed by atoms with Gasteiger partial charge in [0.15, 0.2) is 0 Å². The number of benzene rings is 1. The summed E-state index contributed by atoms with van der Waals surface area (Å²) < 4.78 is 0. The number of hydrogen-bond acceptors (Lipinski definition) is 4. The number of carbonyl (C=O) groups excluding carboxylic acids is 1. The molecule has 3 N–H and O–H groups in total. The van der Waals surface area contributed by atoms with E-state index < -0.39 is 5.97 Å². The van der Waals surface area contributed by atoms with Crippen LogP contribution in [0.2, 0.25) is 0 Å². The van der Waals surface area contributed by atoms with E-state index in [2.05, 4.69) is 0 Å². The molecule has 2 rings (SSSR count). The Kier molecular flexibility index (Phi) is 5.50. The summed E-state index contributed by atoms with van der Waals surface area (Å²) in [6.45, 7) is 0.637.